The molecular weight excluding hydrogens is 284 g/mol. The van der Waals surface area contributed by atoms with E-state index in [2.05, 4.69) is 16.3 Å². The second-order valence-corrected chi connectivity index (χ2v) is 6.56. The van der Waals surface area contributed by atoms with Crippen LogP contribution in [0.1, 0.15) is 43.7 Å². The number of likely N-dealkylation sites (tertiary alicyclic amines) is 1. The van der Waals surface area contributed by atoms with Crippen molar-refractivity contribution < 1.29 is 4.79 Å². The molecule has 1 saturated carbocycles. The van der Waals surface area contributed by atoms with Gasteiger partial charge in [0.1, 0.15) is 0 Å². The van der Waals surface area contributed by atoms with E-state index < -0.39 is 0 Å². The normalized spacial score (nSPS) is 21.0. The molecule has 0 unspecified atom stereocenters. The van der Waals surface area contributed by atoms with Crippen LogP contribution in [0.5, 0.6) is 0 Å². The zero-order valence-corrected chi connectivity index (χ0v) is 13.1. The largest absolute Gasteiger partial charge is 0.354 e. The molecule has 2 aliphatic rings. The van der Waals surface area contributed by atoms with Crippen molar-refractivity contribution in [3.8, 4) is 0 Å². The van der Waals surface area contributed by atoms with E-state index in [1.165, 1.54) is 19.3 Å². The third-order valence-electron chi connectivity index (χ3n) is 4.79. The highest BCUT2D eigenvalue weighted by Gasteiger charge is 2.28. The van der Waals surface area contributed by atoms with Gasteiger partial charge in [-0.1, -0.05) is 36.2 Å². The summed E-state index contributed by atoms with van der Waals surface area (Å²) in [6.07, 6.45) is 5.76. The average Bonchev–Trinajstić information content (AvgIpc) is 2.93. The van der Waals surface area contributed by atoms with Crippen LogP contribution in [0.3, 0.4) is 0 Å². The minimum absolute atomic E-state index is 0.199. The van der Waals surface area contributed by atoms with Crippen LogP contribution in [-0.4, -0.2) is 30.4 Å². The summed E-state index contributed by atoms with van der Waals surface area (Å²) < 4.78 is 0. The molecule has 2 fully saturated rings. The molecule has 1 aliphatic carbocycles. The van der Waals surface area contributed by atoms with Gasteiger partial charge in [-0.05, 0) is 50.4 Å². The Hall–Kier alpha value is -1.06. The number of benzene rings is 1. The summed E-state index contributed by atoms with van der Waals surface area (Å²) in [4.78, 5) is 14.5. The first kappa shape index (κ1) is 14.9. The fourth-order valence-electron chi connectivity index (χ4n) is 3.25. The van der Waals surface area contributed by atoms with E-state index >= 15 is 0 Å². The number of carbonyl (C=O) groups excluding carboxylic acids is 1. The van der Waals surface area contributed by atoms with Crippen molar-refractivity contribution in [3.63, 3.8) is 0 Å². The first-order valence-corrected chi connectivity index (χ1v) is 8.39. The molecule has 1 atom stereocenters. The van der Waals surface area contributed by atoms with Gasteiger partial charge in [0.15, 0.2) is 0 Å². The zero-order valence-electron chi connectivity index (χ0n) is 12.4. The van der Waals surface area contributed by atoms with Gasteiger partial charge in [-0.3, -0.25) is 9.69 Å². The molecule has 0 radical (unpaired) electrons. The van der Waals surface area contributed by atoms with E-state index in [4.69, 9.17) is 11.6 Å². The quantitative estimate of drug-likeness (QED) is 0.904. The van der Waals surface area contributed by atoms with Crippen LogP contribution in [-0.2, 0) is 4.79 Å². The molecule has 4 heteroatoms. The molecule has 1 aliphatic heterocycles. The molecule has 114 valence electrons. The minimum atomic E-state index is 0.199. The number of amides is 1. The van der Waals surface area contributed by atoms with Crippen LogP contribution >= 0.6 is 11.6 Å². The summed E-state index contributed by atoms with van der Waals surface area (Å²) in [6, 6.07) is 8.21. The topological polar surface area (TPSA) is 32.3 Å². The molecule has 1 aromatic rings. The van der Waals surface area contributed by atoms with Crippen molar-refractivity contribution in [1.82, 2.24) is 10.2 Å². The molecule has 3 rings (SSSR count). The third-order valence-corrected chi connectivity index (χ3v) is 5.14. The third kappa shape index (κ3) is 3.41. The maximum atomic E-state index is 12.1. The fourth-order valence-corrected chi connectivity index (χ4v) is 3.51. The summed E-state index contributed by atoms with van der Waals surface area (Å²) in [5.41, 5.74) is 1.13. The molecule has 1 amide bonds. The SMILES string of the molecule is O=C(NC[C@@H](c1ccccc1Cl)N1CCCC1)C1CCC1. The Labute approximate surface area is 131 Å². The number of hydrogen-bond acceptors (Lipinski definition) is 2. The first-order chi connectivity index (χ1) is 10.3. The molecule has 3 nitrogen and oxygen atoms in total. The van der Waals surface area contributed by atoms with E-state index in [-0.39, 0.29) is 17.9 Å². The lowest BCUT2D eigenvalue weighted by atomic mass is 9.85. The Morgan fingerprint density at radius 2 is 1.95 bits per heavy atom. The number of halogens is 1. The number of nitrogens with one attached hydrogen (secondary N) is 1. The Morgan fingerprint density at radius 1 is 1.24 bits per heavy atom. The lowest BCUT2D eigenvalue weighted by molar-refractivity contribution is -0.127. The molecule has 0 bridgehead atoms. The number of nitrogens with zero attached hydrogens (tertiary/aromatic N) is 1. The van der Waals surface area contributed by atoms with Gasteiger partial charge in [0, 0.05) is 17.5 Å². The summed E-state index contributed by atoms with van der Waals surface area (Å²) in [5, 5.41) is 3.95. The van der Waals surface area contributed by atoms with Gasteiger partial charge in [0.05, 0.1) is 6.04 Å². The van der Waals surface area contributed by atoms with Gasteiger partial charge in [-0.2, -0.15) is 0 Å². The van der Waals surface area contributed by atoms with Crippen molar-refractivity contribution >= 4 is 17.5 Å². The van der Waals surface area contributed by atoms with E-state index in [1.807, 2.05) is 18.2 Å². The second-order valence-electron chi connectivity index (χ2n) is 6.15. The minimum Gasteiger partial charge on any atom is -0.354 e. The van der Waals surface area contributed by atoms with Gasteiger partial charge in [0.25, 0.3) is 0 Å². The van der Waals surface area contributed by atoms with Crippen molar-refractivity contribution in [2.45, 2.75) is 38.1 Å². The number of hydrogen-bond donors (Lipinski definition) is 1. The summed E-state index contributed by atoms with van der Waals surface area (Å²) in [7, 11) is 0. The molecule has 1 saturated heterocycles. The molecular formula is C17H23ClN2O. The van der Waals surface area contributed by atoms with Crippen molar-refractivity contribution in [3.05, 3.63) is 34.9 Å². The standard InChI is InChI=1S/C17H23ClN2O/c18-15-9-2-1-8-14(15)16(20-10-3-4-11-20)12-19-17(21)13-6-5-7-13/h1-2,8-9,13,16H,3-7,10-12H2,(H,19,21)/t16-/m0/s1. The molecule has 0 aromatic heterocycles. The van der Waals surface area contributed by atoms with Crippen LogP contribution in [0.4, 0.5) is 0 Å². The Bertz CT molecular complexity index is 495. The van der Waals surface area contributed by atoms with Gasteiger partial charge in [-0.25, -0.2) is 0 Å². The van der Waals surface area contributed by atoms with Crippen LogP contribution in [0, 0.1) is 5.92 Å². The zero-order chi connectivity index (χ0) is 14.7. The highest BCUT2D eigenvalue weighted by atomic mass is 35.5. The van der Waals surface area contributed by atoms with Gasteiger partial charge >= 0.3 is 0 Å². The molecule has 1 aromatic carbocycles. The number of rotatable bonds is 5. The predicted molar refractivity (Wildman–Crippen MR) is 85.4 cm³/mol. The fraction of sp³-hybridized carbons (Fsp3) is 0.588. The molecule has 0 spiro atoms. The lowest BCUT2D eigenvalue weighted by Crippen LogP contribution is -2.40. The summed E-state index contributed by atoms with van der Waals surface area (Å²) in [5.74, 6) is 0.466. The molecule has 1 N–H and O–H groups in total. The highest BCUT2D eigenvalue weighted by Crippen LogP contribution is 2.30. The van der Waals surface area contributed by atoms with E-state index in [1.54, 1.807) is 0 Å². The van der Waals surface area contributed by atoms with Gasteiger partial charge < -0.3 is 5.32 Å². The van der Waals surface area contributed by atoms with Crippen LogP contribution in [0.25, 0.3) is 0 Å². The summed E-state index contributed by atoms with van der Waals surface area (Å²) in [6.45, 7) is 2.85. The first-order valence-electron chi connectivity index (χ1n) is 8.02. The van der Waals surface area contributed by atoms with Gasteiger partial charge in [0.2, 0.25) is 5.91 Å². The maximum absolute atomic E-state index is 12.1. The Balaban J connectivity index is 1.70. The molecule has 21 heavy (non-hydrogen) atoms. The van der Waals surface area contributed by atoms with Crippen LogP contribution in [0.15, 0.2) is 24.3 Å². The predicted octanol–water partition coefficient (Wildman–Crippen LogP) is 3.39. The van der Waals surface area contributed by atoms with Gasteiger partial charge in [-0.15, -0.1) is 0 Å². The monoisotopic (exact) mass is 306 g/mol. The van der Waals surface area contributed by atoms with E-state index in [9.17, 15) is 4.79 Å². The lowest BCUT2D eigenvalue weighted by Gasteiger charge is -2.30. The Morgan fingerprint density at radius 3 is 2.57 bits per heavy atom. The van der Waals surface area contributed by atoms with Crippen molar-refractivity contribution in [1.29, 1.82) is 0 Å². The summed E-state index contributed by atoms with van der Waals surface area (Å²) >= 11 is 6.37. The Kier molecular flexibility index (Phi) is 4.81. The average molecular weight is 307 g/mol. The van der Waals surface area contributed by atoms with Crippen LogP contribution in [0.2, 0.25) is 5.02 Å². The highest BCUT2D eigenvalue weighted by molar-refractivity contribution is 6.31. The van der Waals surface area contributed by atoms with E-state index in [0.717, 1.165) is 36.5 Å². The van der Waals surface area contributed by atoms with Crippen molar-refractivity contribution in [2.24, 2.45) is 5.92 Å². The number of carbonyl (C=O) groups is 1. The maximum Gasteiger partial charge on any atom is 0.223 e. The molecule has 1 heterocycles. The second kappa shape index (κ2) is 6.80. The van der Waals surface area contributed by atoms with Crippen molar-refractivity contribution in [2.75, 3.05) is 19.6 Å². The van der Waals surface area contributed by atoms with Crippen LogP contribution < -0.4 is 5.32 Å². The van der Waals surface area contributed by atoms with E-state index in [0.29, 0.717) is 6.54 Å². The smallest absolute Gasteiger partial charge is 0.223 e.